The Labute approximate surface area is 127 Å². The summed E-state index contributed by atoms with van der Waals surface area (Å²) in [7, 11) is 0. The molecule has 1 aromatic heterocycles. The Morgan fingerprint density at radius 3 is 2.63 bits per heavy atom. The summed E-state index contributed by atoms with van der Waals surface area (Å²) in [5.41, 5.74) is 1.18. The van der Waals surface area contributed by atoms with E-state index in [0.29, 0.717) is 10.0 Å². The van der Waals surface area contributed by atoms with E-state index in [2.05, 4.69) is 23.3 Å². The maximum atomic E-state index is 5.99. The molecule has 0 amide bonds. The molecule has 0 aliphatic heterocycles. The minimum atomic E-state index is 0.565. The zero-order valence-corrected chi connectivity index (χ0v) is 12.8. The second-order valence-electron chi connectivity index (χ2n) is 3.96. The summed E-state index contributed by atoms with van der Waals surface area (Å²) in [6.45, 7) is 3.89. The Morgan fingerprint density at radius 1 is 1.16 bits per heavy atom. The van der Waals surface area contributed by atoms with Crippen molar-refractivity contribution < 1.29 is 0 Å². The molecule has 0 atom stereocenters. The third kappa shape index (κ3) is 4.39. The first-order valence-electron chi connectivity index (χ1n) is 5.97. The van der Waals surface area contributed by atoms with Gasteiger partial charge < -0.3 is 5.32 Å². The van der Waals surface area contributed by atoms with Crippen molar-refractivity contribution in [2.24, 2.45) is 0 Å². The van der Waals surface area contributed by atoms with Gasteiger partial charge in [0.1, 0.15) is 5.03 Å². The van der Waals surface area contributed by atoms with E-state index in [4.69, 9.17) is 23.2 Å². The molecule has 0 saturated heterocycles. The number of aromatic nitrogens is 1. The minimum Gasteiger partial charge on any atom is -0.313 e. The van der Waals surface area contributed by atoms with Crippen LogP contribution >= 0.6 is 35.0 Å². The van der Waals surface area contributed by atoms with Gasteiger partial charge in [-0.1, -0.05) is 48.0 Å². The number of nitrogens with zero attached hydrogens (tertiary/aromatic N) is 1. The lowest BCUT2D eigenvalue weighted by atomic mass is 10.3. The molecule has 0 aliphatic rings. The first-order valence-corrected chi connectivity index (χ1v) is 7.55. The van der Waals surface area contributed by atoms with Gasteiger partial charge in [0.25, 0.3) is 0 Å². The van der Waals surface area contributed by atoms with Crippen molar-refractivity contribution in [2.45, 2.75) is 23.4 Å². The third-order valence-electron chi connectivity index (χ3n) is 2.49. The fourth-order valence-corrected chi connectivity index (χ4v) is 2.66. The molecule has 2 aromatic rings. The van der Waals surface area contributed by atoms with Gasteiger partial charge in [-0.2, -0.15) is 0 Å². The summed E-state index contributed by atoms with van der Waals surface area (Å²) in [4.78, 5) is 5.45. The van der Waals surface area contributed by atoms with Crippen molar-refractivity contribution in [3.63, 3.8) is 0 Å². The molecular weight excluding hydrogens is 299 g/mol. The molecule has 1 N–H and O–H groups in total. The molecule has 0 radical (unpaired) electrons. The standard InChI is InChI=1S/C14H14Cl2N2S/c1-2-17-8-10-3-6-14(18-9-10)19-11-4-5-12(15)13(16)7-11/h3-7,9,17H,2,8H2,1H3. The molecule has 0 aliphatic carbocycles. The molecule has 2 nitrogen and oxygen atoms in total. The van der Waals surface area contributed by atoms with Gasteiger partial charge in [0.15, 0.2) is 0 Å². The number of nitrogens with one attached hydrogen (secondary N) is 1. The van der Waals surface area contributed by atoms with Gasteiger partial charge in [0.2, 0.25) is 0 Å². The first kappa shape index (κ1) is 14.7. The number of benzene rings is 1. The normalized spacial score (nSPS) is 10.7. The molecule has 1 heterocycles. The van der Waals surface area contributed by atoms with Crippen molar-refractivity contribution in [1.82, 2.24) is 10.3 Å². The molecule has 0 bridgehead atoms. The summed E-state index contributed by atoms with van der Waals surface area (Å²) in [6, 6.07) is 9.68. The van der Waals surface area contributed by atoms with Crippen molar-refractivity contribution in [1.29, 1.82) is 0 Å². The molecule has 100 valence electrons. The van der Waals surface area contributed by atoms with E-state index in [1.54, 1.807) is 17.8 Å². The summed E-state index contributed by atoms with van der Waals surface area (Å²) >= 11 is 13.4. The molecule has 0 unspecified atom stereocenters. The highest BCUT2D eigenvalue weighted by Gasteiger charge is 2.03. The lowest BCUT2D eigenvalue weighted by Gasteiger charge is -2.05. The van der Waals surface area contributed by atoms with Gasteiger partial charge in [0, 0.05) is 17.6 Å². The number of halogens is 2. The van der Waals surface area contributed by atoms with Crippen molar-refractivity contribution >= 4 is 35.0 Å². The number of hydrogen-bond acceptors (Lipinski definition) is 3. The van der Waals surface area contributed by atoms with Gasteiger partial charge >= 0.3 is 0 Å². The minimum absolute atomic E-state index is 0.565. The lowest BCUT2D eigenvalue weighted by molar-refractivity contribution is 0.723. The van der Waals surface area contributed by atoms with Crippen LogP contribution in [0.4, 0.5) is 0 Å². The third-order valence-corrected chi connectivity index (χ3v) is 4.17. The van der Waals surface area contributed by atoms with Gasteiger partial charge in [-0.25, -0.2) is 4.98 Å². The van der Waals surface area contributed by atoms with Crippen LogP contribution in [0.15, 0.2) is 46.5 Å². The monoisotopic (exact) mass is 312 g/mol. The highest BCUT2D eigenvalue weighted by molar-refractivity contribution is 7.99. The molecule has 5 heteroatoms. The SMILES string of the molecule is CCNCc1ccc(Sc2ccc(Cl)c(Cl)c2)nc1. The van der Waals surface area contributed by atoms with E-state index >= 15 is 0 Å². The fourth-order valence-electron chi connectivity index (χ4n) is 1.51. The van der Waals surface area contributed by atoms with Crippen molar-refractivity contribution in [3.8, 4) is 0 Å². The second kappa shape index (κ2) is 7.15. The highest BCUT2D eigenvalue weighted by atomic mass is 35.5. The van der Waals surface area contributed by atoms with E-state index in [1.807, 2.05) is 24.4 Å². The Hall–Kier alpha value is -0.740. The number of hydrogen-bond donors (Lipinski definition) is 1. The molecule has 1 aromatic carbocycles. The summed E-state index contributed by atoms with van der Waals surface area (Å²) < 4.78 is 0. The van der Waals surface area contributed by atoms with Crippen LogP contribution in [0.25, 0.3) is 0 Å². The first-order chi connectivity index (χ1) is 9.19. The summed E-state index contributed by atoms with van der Waals surface area (Å²) in [5, 5.41) is 5.35. The Morgan fingerprint density at radius 2 is 2.00 bits per heavy atom. The average molecular weight is 313 g/mol. The van der Waals surface area contributed by atoms with Gasteiger partial charge in [-0.05, 0) is 36.4 Å². The largest absolute Gasteiger partial charge is 0.313 e. The fraction of sp³-hybridized carbons (Fsp3) is 0.214. The Balaban J connectivity index is 2.04. The maximum Gasteiger partial charge on any atom is 0.101 e. The summed E-state index contributed by atoms with van der Waals surface area (Å²) in [5.74, 6) is 0. The molecule has 0 spiro atoms. The van der Waals surface area contributed by atoms with Crippen LogP contribution in [0.2, 0.25) is 10.0 Å². The molecule has 2 rings (SSSR count). The van der Waals surface area contributed by atoms with Crippen LogP contribution in [0, 0.1) is 0 Å². The van der Waals surface area contributed by atoms with Crippen LogP contribution < -0.4 is 5.32 Å². The van der Waals surface area contributed by atoms with E-state index in [1.165, 1.54) is 5.56 Å². The predicted molar refractivity (Wildman–Crippen MR) is 82.2 cm³/mol. The van der Waals surface area contributed by atoms with Crippen LogP contribution in [0.3, 0.4) is 0 Å². The number of rotatable bonds is 5. The van der Waals surface area contributed by atoms with Gasteiger partial charge in [-0.3, -0.25) is 0 Å². The quantitative estimate of drug-likeness (QED) is 0.870. The average Bonchev–Trinajstić information content (AvgIpc) is 2.42. The number of pyridine rings is 1. The van der Waals surface area contributed by atoms with Gasteiger partial charge in [0.05, 0.1) is 10.0 Å². The summed E-state index contributed by atoms with van der Waals surface area (Å²) in [6.07, 6.45) is 1.89. The Bertz CT molecular complexity index is 544. The smallest absolute Gasteiger partial charge is 0.101 e. The van der Waals surface area contributed by atoms with Crippen LogP contribution in [0.1, 0.15) is 12.5 Å². The molecular formula is C14H14Cl2N2S. The second-order valence-corrected chi connectivity index (χ2v) is 5.87. The molecule has 0 saturated carbocycles. The van der Waals surface area contributed by atoms with E-state index in [0.717, 1.165) is 23.0 Å². The molecule has 0 fully saturated rings. The van der Waals surface area contributed by atoms with Crippen LogP contribution in [-0.2, 0) is 6.54 Å². The topological polar surface area (TPSA) is 24.9 Å². The van der Waals surface area contributed by atoms with Crippen molar-refractivity contribution in [2.75, 3.05) is 6.54 Å². The predicted octanol–water partition coefficient (Wildman–Crippen LogP) is 4.65. The van der Waals surface area contributed by atoms with E-state index in [9.17, 15) is 0 Å². The zero-order valence-electron chi connectivity index (χ0n) is 10.5. The van der Waals surface area contributed by atoms with Crippen molar-refractivity contribution in [3.05, 3.63) is 52.1 Å². The van der Waals surface area contributed by atoms with E-state index in [-0.39, 0.29) is 0 Å². The van der Waals surface area contributed by atoms with E-state index < -0.39 is 0 Å². The van der Waals surface area contributed by atoms with Gasteiger partial charge in [-0.15, -0.1) is 0 Å². The maximum absolute atomic E-state index is 5.99. The molecule has 19 heavy (non-hydrogen) atoms. The highest BCUT2D eigenvalue weighted by Crippen LogP contribution is 2.31. The Kier molecular flexibility index (Phi) is 5.52. The lowest BCUT2D eigenvalue weighted by Crippen LogP contribution is -2.11. The van der Waals surface area contributed by atoms with Crippen LogP contribution in [-0.4, -0.2) is 11.5 Å². The zero-order chi connectivity index (χ0) is 13.7. The van der Waals surface area contributed by atoms with Crippen LogP contribution in [0.5, 0.6) is 0 Å².